The minimum absolute atomic E-state index is 0.0390. The molecule has 2 amide bonds. The number of nitrogens with zero attached hydrogens (tertiary/aromatic N) is 1. The Morgan fingerprint density at radius 1 is 1.10 bits per heavy atom. The lowest BCUT2D eigenvalue weighted by Crippen LogP contribution is -2.59. The van der Waals surface area contributed by atoms with E-state index in [1.54, 1.807) is 0 Å². The molecule has 21 heavy (non-hydrogen) atoms. The van der Waals surface area contributed by atoms with Gasteiger partial charge in [0.1, 0.15) is 5.54 Å². The number of carbonyl (C=O) groups excluding carboxylic acids is 2. The number of hydrogen-bond donors (Lipinski definition) is 1. The smallest absolute Gasteiger partial charge is 0.248 e. The van der Waals surface area contributed by atoms with Gasteiger partial charge in [0.15, 0.2) is 0 Å². The van der Waals surface area contributed by atoms with Crippen molar-refractivity contribution in [1.29, 1.82) is 0 Å². The van der Waals surface area contributed by atoms with Gasteiger partial charge in [0.05, 0.1) is 0 Å². The second-order valence-corrected chi connectivity index (χ2v) is 7.84. The first-order valence-corrected chi connectivity index (χ1v) is 8.52. The standard InChI is InChI=1S/C17H28N2O2/c1-11-8-12(2)10-14(9-11)19-7-6-15(20)18-17(3,16(19)21)13-4-5-13/h11-14H,4-10H2,1-3H3,(H,18,20). The Bertz CT molecular complexity index is 436. The molecule has 1 heterocycles. The molecular weight excluding hydrogens is 264 g/mol. The fraction of sp³-hybridized carbons (Fsp3) is 0.882. The molecule has 0 spiro atoms. The molecule has 0 aromatic carbocycles. The van der Waals surface area contributed by atoms with Crippen LogP contribution < -0.4 is 5.32 Å². The van der Waals surface area contributed by atoms with Gasteiger partial charge in [-0.3, -0.25) is 9.59 Å². The normalized spacial score (nSPS) is 41.7. The third-order valence-electron chi connectivity index (χ3n) is 5.67. The van der Waals surface area contributed by atoms with Crippen molar-refractivity contribution in [3.05, 3.63) is 0 Å². The Hall–Kier alpha value is -1.06. The Morgan fingerprint density at radius 2 is 1.71 bits per heavy atom. The van der Waals surface area contributed by atoms with Gasteiger partial charge < -0.3 is 10.2 Å². The van der Waals surface area contributed by atoms with Crippen molar-refractivity contribution in [3.8, 4) is 0 Å². The topological polar surface area (TPSA) is 49.4 Å². The SMILES string of the molecule is CC1CC(C)CC(N2CCC(=O)NC(C)(C3CC3)C2=O)C1. The summed E-state index contributed by atoms with van der Waals surface area (Å²) in [7, 11) is 0. The maximum atomic E-state index is 13.1. The summed E-state index contributed by atoms with van der Waals surface area (Å²) in [5.41, 5.74) is -0.655. The van der Waals surface area contributed by atoms with Crippen LogP contribution in [-0.4, -0.2) is 34.8 Å². The minimum atomic E-state index is -0.655. The zero-order valence-electron chi connectivity index (χ0n) is 13.5. The van der Waals surface area contributed by atoms with E-state index in [0.717, 1.165) is 25.7 Å². The predicted octanol–water partition coefficient (Wildman–Crippen LogP) is 2.33. The third-order valence-corrected chi connectivity index (χ3v) is 5.67. The highest BCUT2D eigenvalue weighted by Crippen LogP contribution is 2.42. The molecule has 3 atom stereocenters. The van der Waals surface area contributed by atoms with Crippen molar-refractivity contribution in [1.82, 2.24) is 10.2 Å². The molecule has 1 saturated heterocycles. The van der Waals surface area contributed by atoms with Crippen LogP contribution in [0.25, 0.3) is 0 Å². The molecule has 3 fully saturated rings. The third kappa shape index (κ3) is 2.82. The van der Waals surface area contributed by atoms with E-state index < -0.39 is 5.54 Å². The molecule has 0 bridgehead atoms. The van der Waals surface area contributed by atoms with Gasteiger partial charge in [-0.2, -0.15) is 0 Å². The molecule has 3 aliphatic rings. The summed E-state index contributed by atoms with van der Waals surface area (Å²) >= 11 is 0. The molecule has 0 radical (unpaired) electrons. The van der Waals surface area contributed by atoms with E-state index in [9.17, 15) is 9.59 Å². The fourth-order valence-electron chi connectivity index (χ4n) is 4.47. The van der Waals surface area contributed by atoms with Crippen molar-refractivity contribution in [3.63, 3.8) is 0 Å². The van der Waals surface area contributed by atoms with Gasteiger partial charge in [0, 0.05) is 19.0 Å². The van der Waals surface area contributed by atoms with Crippen LogP contribution in [0.1, 0.15) is 59.3 Å². The summed E-state index contributed by atoms with van der Waals surface area (Å²) in [4.78, 5) is 27.2. The van der Waals surface area contributed by atoms with Gasteiger partial charge in [-0.05, 0) is 56.8 Å². The Balaban J connectivity index is 1.83. The monoisotopic (exact) mass is 292 g/mol. The van der Waals surface area contributed by atoms with E-state index in [1.807, 2.05) is 11.8 Å². The predicted molar refractivity (Wildman–Crippen MR) is 81.6 cm³/mol. The van der Waals surface area contributed by atoms with E-state index in [-0.39, 0.29) is 11.8 Å². The zero-order valence-corrected chi connectivity index (χ0v) is 13.5. The van der Waals surface area contributed by atoms with Gasteiger partial charge >= 0.3 is 0 Å². The van der Waals surface area contributed by atoms with E-state index >= 15 is 0 Å². The first-order chi connectivity index (χ1) is 9.90. The Kier molecular flexibility index (Phi) is 3.74. The highest BCUT2D eigenvalue weighted by molar-refractivity contribution is 5.94. The molecular formula is C17H28N2O2. The molecule has 2 aliphatic carbocycles. The summed E-state index contributed by atoms with van der Waals surface area (Å²) in [5, 5.41) is 3.03. The summed E-state index contributed by atoms with van der Waals surface area (Å²) < 4.78 is 0. The fourth-order valence-corrected chi connectivity index (χ4v) is 4.47. The number of nitrogens with one attached hydrogen (secondary N) is 1. The molecule has 0 aromatic rings. The lowest BCUT2D eigenvalue weighted by Gasteiger charge is -2.41. The van der Waals surface area contributed by atoms with Crippen molar-refractivity contribution in [2.24, 2.45) is 17.8 Å². The van der Waals surface area contributed by atoms with Crippen molar-refractivity contribution < 1.29 is 9.59 Å². The van der Waals surface area contributed by atoms with Crippen LogP contribution in [0.15, 0.2) is 0 Å². The van der Waals surface area contributed by atoms with Gasteiger partial charge in [0.2, 0.25) is 11.8 Å². The first-order valence-electron chi connectivity index (χ1n) is 8.52. The largest absolute Gasteiger partial charge is 0.342 e. The second kappa shape index (κ2) is 5.29. The molecule has 1 N–H and O–H groups in total. The van der Waals surface area contributed by atoms with Crippen LogP contribution in [-0.2, 0) is 9.59 Å². The lowest BCUT2D eigenvalue weighted by molar-refractivity contribution is -0.142. The molecule has 0 aromatic heterocycles. The van der Waals surface area contributed by atoms with Crippen LogP contribution in [0.5, 0.6) is 0 Å². The van der Waals surface area contributed by atoms with Gasteiger partial charge in [0.25, 0.3) is 0 Å². The average molecular weight is 292 g/mol. The van der Waals surface area contributed by atoms with E-state index in [4.69, 9.17) is 0 Å². The van der Waals surface area contributed by atoms with E-state index in [0.29, 0.717) is 36.8 Å². The van der Waals surface area contributed by atoms with Crippen LogP contribution in [0.4, 0.5) is 0 Å². The number of carbonyl (C=O) groups is 2. The summed E-state index contributed by atoms with van der Waals surface area (Å²) in [5.74, 6) is 1.89. The maximum Gasteiger partial charge on any atom is 0.248 e. The van der Waals surface area contributed by atoms with Crippen molar-refractivity contribution in [2.75, 3.05) is 6.54 Å². The Morgan fingerprint density at radius 3 is 2.29 bits per heavy atom. The van der Waals surface area contributed by atoms with E-state index in [2.05, 4.69) is 19.2 Å². The summed E-state index contributed by atoms with van der Waals surface area (Å²) in [6, 6.07) is 0.321. The molecule has 4 nitrogen and oxygen atoms in total. The van der Waals surface area contributed by atoms with Gasteiger partial charge in [-0.25, -0.2) is 0 Å². The molecule has 3 rings (SSSR count). The van der Waals surface area contributed by atoms with Gasteiger partial charge in [-0.1, -0.05) is 13.8 Å². The van der Waals surface area contributed by atoms with Crippen LogP contribution >= 0.6 is 0 Å². The van der Waals surface area contributed by atoms with Crippen molar-refractivity contribution in [2.45, 2.75) is 70.9 Å². The number of rotatable bonds is 2. The first kappa shape index (κ1) is 14.9. The summed E-state index contributed by atoms with van der Waals surface area (Å²) in [6.07, 6.45) is 6.01. The average Bonchev–Trinajstić information content (AvgIpc) is 3.21. The van der Waals surface area contributed by atoms with Crippen LogP contribution in [0, 0.1) is 17.8 Å². The molecule has 3 unspecified atom stereocenters. The van der Waals surface area contributed by atoms with Gasteiger partial charge in [-0.15, -0.1) is 0 Å². The molecule has 1 aliphatic heterocycles. The minimum Gasteiger partial charge on any atom is -0.342 e. The van der Waals surface area contributed by atoms with E-state index in [1.165, 1.54) is 6.42 Å². The quantitative estimate of drug-likeness (QED) is 0.849. The Labute approximate surface area is 127 Å². The van der Waals surface area contributed by atoms with Crippen molar-refractivity contribution >= 4 is 11.8 Å². The molecule has 2 saturated carbocycles. The zero-order chi connectivity index (χ0) is 15.2. The second-order valence-electron chi connectivity index (χ2n) is 7.84. The maximum absolute atomic E-state index is 13.1. The molecule has 4 heteroatoms. The highest BCUT2D eigenvalue weighted by atomic mass is 16.2. The molecule has 118 valence electrons. The number of amides is 2. The van der Waals surface area contributed by atoms with Crippen LogP contribution in [0.3, 0.4) is 0 Å². The van der Waals surface area contributed by atoms with Crippen LogP contribution in [0.2, 0.25) is 0 Å². The number of hydrogen-bond acceptors (Lipinski definition) is 2. The lowest BCUT2D eigenvalue weighted by atomic mass is 9.79. The summed E-state index contributed by atoms with van der Waals surface area (Å²) in [6.45, 7) is 7.11. The highest BCUT2D eigenvalue weighted by Gasteiger charge is 2.52.